The van der Waals surface area contributed by atoms with Crippen molar-refractivity contribution in [1.82, 2.24) is 4.90 Å². The maximum atomic E-state index is 12.3. The van der Waals surface area contributed by atoms with Gasteiger partial charge in [-0.2, -0.15) is 11.8 Å². The average molecular weight is 472 g/mol. The number of aliphatic hydroxyl groups is 2. The molecule has 0 bridgehead atoms. The van der Waals surface area contributed by atoms with Gasteiger partial charge >= 0.3 is 0 Å². The van der Waals surface area contributed by atoms with Crippen LogP contribution in [0.2, 0.25) is 0 Å². The van der Waals surface area contributed by atoms with E-state index >= 15 is 0 Å². The SMILES string of the molecule is Cc1cccc(C[C@@H](O)C=C[C@@H]2[C@H]3CC(CCSCC(=O)N(C)C(C)(C)C)=C[C@H]3C[C@H]2O)c1. The number of carbonyl (C=O) groups excluding carboxylic acids is 1. The highest BCUT2D eigenvalue weighted by Crippen LogP contribution is 2.48. The lowest BCUT2D eigenvalue weighted by Crippen LogP contribution is -2.43. The van der Waals surface area contributed by atoms with Crippen LogP contribution in [0.1, 0.15) is 51.2 Å². The first kappa shape index (κ1) is 26.1. The molecule has 1 amide bonds. The highest BCUT2D eigenvalue weighted by molar-refractivity contribution is 7.99. The van der Waals surface area contributed by atoms with Crippen LogP contribution in [-0.2, 0) is 11.2 Å². The molecular weight excluding hydrogens is 430 g/mol. The molecule has 0 heterocycles. The summed E-state index contributed by atoms with van der Waals surface area (Å²) in [6.45, 7) is 8.22. The fourth-order valence-electron chi connectivity index (χ4n) is 5.03. The van der Waals surface area contributed by atoms with Gasteiger partial charge in [0.15, 0.2) is 0 Å². The normalized spacial score (nSPS) is 25.8. The van der Waals surface area contributed by atoms with Gasteiger partial charge in [0.25, 0.3) is 0 Å². The van der Waals surface area contributed by atoms with Crippen molar-refractivity contribution in [3.63, 3.8) is 0 Å². The number of fused-ring (bicyclic) bond motifs is 1. The number of hydrogen-bond acceptors (Lipinski definition) is 4. The molecule has 0 unspecified atom stereocenters. The van der Waals surface area contributed by atoms with Crippen LogP contribution in [0.5, 0.6) is 0 Å². The smallest absolute Gasteiger partial charge is 0.232 e. The van der Waals surface area contributed by atoms with Crippen molar-refractivity contribution < 1.29 is 15.0 Å². The van der Waals surface area contributed by atoms with Gasteiger partial charge in [-0.25, -0.2) is 0 Å². The van der Waals surface area contributed by atoms with Crippen molar-refractivity contribution >= 4 is 17.7 Å². The van der Waals surface area contributed by atoms with Crippen LogP contribution in [-0.4, -0.2) is 57.3 Å². The first-order valence-corrected chi connectivity index (χ1v) is 13.3. The predicted molar refractivity (Wildman–Crippen MR) is 138 cm³/mol. The zero-order chi connectivity index (χ0) is 24.2. The monoisotopic (exact) mass is 471 g/mol. The molecule has 0 spiro atoms. The summed E-state index contributed by atoms with van der Waals surface area (Å²) in [6.07, 6.45) is 8.86. The Hall–Kier alpha value is -1.56. The van der Waals surface area contributed by atoms with Crippen molar-refractivity contribution in [3.8, 4) is 0 Å². The maximum absolute atomic E-state index is 12.3. The Morgan fingerprint density at radius 3 is 2.79 bits per heavy atom. The molecule has 2 N–H and O–H groups in total. The van der Waals surface area contributed by atoms with Crippen molar-refractivity contribution in [2.45, 2.75) is 71.1 Å². The lowest BCUT2D eigenvalue weighted by molar-refractivity contribution is -0.131. The van der Waals surface area contributed by atoms with Crippen LogP contribution >= 0.6 is 11.8 Å². The van der Waals surface area contributed by atoms with Gasteiger partial charge in [-0.1, -0.05) is 53.6 Å². The summed E-state index contributed by atoms with van der Waals surface area (Å²) in [6, 6.07) is 8.24. The van der Waals surface area contributed by atoms with E-state index in [0.717, 1.165) is 30.6 Å². The van der Waals surface area contributed by atoms with Crippen LogP contribution in [0.3, 0.4) is 0 Å². The number of allylic oxidation sites excluding steroid dienone is 2. The minimum Gasteiger partial charge on any atom is -0.392 e. The molecule has 5 atom stereocenters. The predicted octanol–water partition coefficient (Wildman–Crippen LogP) is 4.78. The average Bonchev–Trinajstić information content (AvgIpc) is 3.24. The fraction of sp³-hybridized carbons (Fsp3) is 0.607. The molecule has 0 aromatic heterocycles. The van der Waals surface area contributed by atoms with Crippen molar-refractivity contribution in [3.05, 3.63) is 59.2 Å². The second-order valence-electron chi connectivity index (χ2n) is 10.8. The van der Waals surface area contributed by atoms with Gasteiger partial charge in [0.05, 0.1) is 18.0 Å². The van der Waals surface area contributed by atoms with Gasteiger partial charge in [-0.15, -0.1) is 0 Å². The molecule has 4 nitrogen and oxygen atoms in total. The molecular formula is C28H41NO3S. The number of carbonyl (C=O) groups is 1. The molecule has 1 saturated carbocycles. The lowest BCUT2D eigenvalue weighted by Gasteiger charge is -2.32. The summed E-state index contributed by atoms with van der Waals surface area (Å²) in [5.41, 5.74) is 3.65. The number of aliphatic hydroxyl groups excluding tert-OH is 2. The zero-order valence-electron chi connectivity index (χ0n) is 20.8. The first-order chi connectivity index (χ1) is 15.5. The van der Waals surface area contributed by atoms with Crippen molar-refractivity contribution in [2.75, 3.05) is 18.6 Å². The Morgan fingerprint density at radius 1 is 1.33 bits per heavy atom. The fourth-order valence-corrected chi connectivity index (χ4v) is 5.95. The van der Waals surface area contributed by atoms with Gasteiger partial charge in [0, 0.05) is 24.9 Å². The Balaban J connectivity index is 1.45. The summed E-state index contributed by atoms with van der Waals surface area (Å²) in [7, 11) is 1.88. The van der Waals surface area contributed by atoms with E-state index in [-0.39, 0.29) is 23.5 Å². The van der Waals surface area contributed by atoms with Crippen LogP contribution in [0.25, 0.3) is 0 Å². The molecule has 1 aromatic carbocycles. The third-order valence-electron chi connectivity index (χ3n) is 7.21. The Bertz CT molecular complexity index is 872. The van der Waals surface area contributed by atoms with Gasteiger partial charge in [0.1, 0.15) is 0 Å². The van der Waals surface area contributed by atoms with Crippen LogP contribution in [0.4, 0.5) is 0 Å². The number of hydrogen-bond donors (Lipinski definition) is 2. The molecule has 33 heavy (non-hydrogen) atoms. The maximum Gasteiger partial charge on any atom is 0.232 e. The summed E-state index contributed by atoms with van der Waals surface area (Å²) in [4.78, 5) is 14.1. The molecule has 2 aliphatic carbocycles. The summed E-state index contributed by atoms with van der Waals surface area (Å²) in [5, 5.41) is 21.1. The topological polar surface area (TPSA) is 60.8 Å². The van der Waals surface area contributed by atoms with Crippen molar-refractivity contribution in [2.24, 2.45) is 17.8 Å². The van der Waals surface area contributed by atoms with E-state index in [0.29, 0.717) is 24.0 Å². The number of nitrogens with zero attached hydrogens (tertiary/aromatic N) is 1. The molecule has 0 aliphatic heterocycles. The van der Waals surface area contributed by atoms with E-state index < -0.39 is 6.10 Å². The highest BCUT2D eigenvalue weighted by atomic mass is 32.2. The number of rotatable bonds is 9. The Kier molecular flexibility index (Phi) is 8.88. The van der Waals surface area contributed by atoms with Crippen LogP contribution in [0, 0.1) is 24.7 Å². The molecule has 5 heteroatoms. The second-order valence-corrected chi connectivity index (χ2v) is 11.9. The van der Waals surface area contributed by atoms with E-state index in [9.17, 15) is 15.0 Å². The molecule has 1 fully saturated rings. The second kappa shape index (κ2) is 11.2. The zero-order valence-corrected chi connectivity index (χ0v) is 21.6. The molecule has 0 radical (unpaired) electrons. The van der Waals surface area contributed by atoms with Gasteiger partial charge in [-0.05, 0) is 70.1 Å². The quantitative estimate of drug-likeness (QED) is 0.402. The minimum absolute atomic E-state index is 0.102. The van der Waals surface area contributed by atoms with E-state index in [1.54, 1.807) is 11.8 Å². The van der Waals surface area contributed by atoms with E-state index in [1.165, 1.54) is 11.1 Å². The summed E-state index contributed by atoms with van der Waals surface area (Å²) < 4.78 is 0. The molecule has 1 aromatic rings. The van der Waals surface area contributed by atoms with Gasteiger partial charge in [-0.3, -0.25) is 4.79 Å². The first-order valence-electron chi connectivity index (χ1n) is 12.2. The number of benzene rings is 1. The third-order valence-corrected chi connectivity index (χ3v) is 8.15. The van der Waals surface area contributed by atoms with Gasteiger partial charge < -0.3 is 15.1 Å². The summed E-state index contributed by atoms with van der Waals surface area (Å²) in [5.74, 6) is 2.62. The van der Waals surface area contributed by atoms with Crippen LogP contribution in [0.15, 0.2) is 48.1 Å². The van der Waals surface area contributed by atoms with E-state index in [4.69, 9.17) is 0 Å². The van der Waals surface area contributed by atoms with Crippen LogP contribution < -0.4 is 0 Å². The lowest BCUT2D eigenvalue weighted by atomic mass is 9.88. The minimum atomic E-state index is -0.535. The highest BCUT2D eigenvalue weighted by Gasteiger charge is 2.43. The standard InChI is InChI=1S/C28H41NO3S/c1-19-7-6-8-20(13-19)15-23(30)9-10-24-25-16-21(14-22(25)17-26(24)31)11-12-33-18-27(32)29(5)28(2,3)4/h6-10,13-14,22-26,30-31H,11-12,15-18H2,1-5H3/t22-,23-,24+,25-,26+/m0/s1. The molecule has 2 aliphatic rings. The number of aryl methyl sites for hydroxylation is 1. The molecule has 3 rings (SSSR count). The molecule has 182 valence electrons. The third kappa shape index (κ3) is 7.21. The molecule has 0 saturated heterocycles. The largest absolute Gasteiger partial charge is 0.392 e. The Morgan fingerprint density at radius 2 is 2.09 bits per heavy atom. The van der Waals surface area contributed by atoms with E-state index in [2.05, 4.69) is 52.0 Å². The number of thioether (sulfide) groups is 1. The Labute approximate surface area is 204 Å². The number of amides is 1. The van der Waals surface area contributed by atoms with Crippen molar-refractivity contribution in [1.29, 1.82) is 0 Å². The summed E-state index contributed by atoms with van der Waals surface area (Å²) >= 11 is 1.71. The van der Waals surface area contributed by atoms with E-state index in [1.807, 2.05) is 30.2 Å². The van der Waals surface area contributed by atoms with Gasteiger partial charge in [0.2, 0.25) is 5.91 Å².